The lowest BCUT2D eigenvalue weighted by Crippen LogP contribution is -2.40. The Morgan fingerprint density at radius 1 is 1.09 bits per heavy atom. The topological polar surface area (TPSA) is 29.5 Å². The van der Waals surface area contributed by atoms with Gasteiger partial charge in [0.25, 0.3) is 0 Å². The van der Waals surface area contributed by atoms with E-state index >= 15 is 0 Å². The predicted octanol–water partition coefficient (Wildman–Crippen LogP) is 2.84. The van der Waals surface area contributed by atoms with Crippen LogP contribution in [-0.2, 0) is 17.6 Å². The number of nitrogens with zero attached hydrogens (tertiary/aromatic N) is 1. The van der Waals surface area contributed by atoms with Crippen molar-refractivity contribution in [1.29, 1.82) is 0 Å². The minimum atomic E-state index is -0.198. The number of para-hydroxylation sites is 1. The van der Waals surface area contributed by atoms with Gasteiger partial charge in [0, 0.05) is 19.4 Å². The lowest BCUT2D eigenvalue weighted by Gasteiger charge is -2.24. The minimum absolute atomic E-state index is 0.197. The van der Waals surface area contributed by atoms with E-state index in [1.54, 1.807) is 0 Å². The highest BCUT2D eigenvalue weighted by Crippen LogP contribution is 2.40. The molecule has 3 nitrogen and oxygen atoms in total. The van der Waals surface area contributed by atoms with Gasteiger partial charge in [0.15, 0.2) is 0 Å². The third-order valence-corrected chi connectivity index (χ3v) is 4.68. The molecule has 4 rings (SSSR count). The van der Waals surface area contributed by atoms with Crippen LogP contribution in [0.25, 0.3) is 0 Å². The Morgan fingerprint density at radius 3 is 2.68 bits per heavy atom. The van der Waals surface area contributed by atoms with Crippen LogP contribution in [0.1, 0.15) is 17.5 Å². The first-order chi connectivity index (χ1) is 10.7. The van der Waals surface area contributed by atoms with Crippen molar-refractivity contribution in [3.05, 3.63) is 65.7 Å². The Morgan fingerprint density at radius 2 is 1.86 bits per heavy atom. The van der Waals surface area contributed by atoms with Crippen LogP contribution in [0.5, 0.6) is 5.75 Å². The van der Waals surface area contributed by atoms with Crippen LogP contribution in [0.2, 0.25) is 0 Å². The van der Waals surface area contributed by atoms with Crippen molar-refractivity contribution in [2.24, 2.45) is 0 Å². The summed E-state index contributed by atoms with van der Waals surface area (Å²) < 4.78 is 6.19. The van der Waals surface area contributed by atoms with Crippen LogP contribution in [0.3, 0.4) is 0 Å². The van der Waals surface area contributed by atoms with Crippen LogP contribution in [-0.4, -0.2) is 29.5 Å². The van der Waals surface area contributed by atoms with E-state index in [2.05, 4.69) is 12.1 Å². The number of fused-ring (bicyclic) bond motifs is 1. The third-order valence-electron chi connectivity index (χ3n) is 4.68. The Bertz CT molecular complexity index is 671. The highest BCUT2D eigenvalue weighted by atomic mass is 16.5. The first-order valence-electron chi connectivity index (χ1n) is 7.83. The number of carbonyl (C=O) groups excluding carboxylic acids is 1. The van der Waals surface area contributed by atoms with Crippen molar-refractivity contribution in [2.45, 2.75) is 24.9 Å². The SMILES string of the molecule is O=C(Cc1ccccc1)N1CCC2(Cc3ccccc3O2)C1. The standard InChI is InChI=1S/C19H19NO2/c21-18(12-15-6-2-1-3-7-15)20-11-10-19(14-20)13-16-8-4-5-9-17(16)22-19/h1-9H,10-14H2. The average Bonchev–Trinajstić information content (AvgIpc) is 3.11. The maximum absolute atomic E-state index is 12.5. The molecule has 1 saturated heterocycles. The van der Waals surface area contributed by atoms with Gasteiger partial charge in [0.2, 0.25) is 5.91 Å². The number of amides is 1. The Labute approximate surface area is 130 Å². The summed E-state index contributed by atoms with van der Waals surface area (Å²) in [5.41, 5.74) is 2.14. The van der Waals surface area contributed by atoms with Crippen LogP contribution in [0.15, 0.2) is 54.6 Å². The number of hydrogen-bond donors (Lipinski definition) is 0. The summed E-state index contributed by atoms with van der Waals surface area (Å²) in [6.45, 7) is 1.49. The monoisotopic (exact) mass is 293 g/mol. The maximum Gasteiger partial charge on any atom is 0.227 e. The number of benzene rings is 2. The lowest BCUT2D eigenvalue weighted by molar-refractivity contribution is -0.130. The average molecular weight is 293 g/mol. The summed E-state index contributed by atoms with van der Waals surface area (Å²) in [6, 6.07) is 18.1. The molecule has 2 aliphatic heterocycles. The van der Waals surface area contributed by atoms with Gasteiger partial charge in [-0.05, 0) is 17.2 Å². The molecule has 0 aliphatic carbocycles. The Balaban J connectivity index is 1.44. The normalized spacial score (nSPS) is 22.6. The lowest BCUT2D eigenvalue weighted by atomic mass is 9.96. The molecule has 0 N–H and O–H groups in total. The fourth-order valence-corrected chi connectivity index (χ4v) is 3.53. The van der Waals surface area contributed by atoms with E-state index in [-0.39, 0.29) is 11.5 Å². The molecule has 2 aliphatic rings. The zero-order chi connectivity index (χ0) is 15.0. The van der Waals surface area contributed by atoms with E-state index in [0.29, 0.717) is 13.0 Å². The maximum atomic E-state index is 12.5. The molecule has 1 fully saturated rings. The molecular weight excluding hydrogens is 274 g/mol. The van der Waals surface area contributed by atoms with Crippen LogP contribution < -0.4 is 4.74 Å². The Hall–Kier alpha value is -2.29. The van der Waals surface area contributed by atoms with Crippen LogP contribution in [0, 0.1) is 0 Å². The van der Waals surface area contributed by atoms with Crippen LogP contribution >= 0.6 is 0 Å². The summed E-state index contributed by atoms with van der Waals surface area (Å²) in [7, 11) is 0. The number of hydrogen-bond acceptors (Lipinski definition) is 2. The zero-order valence-corrected chi connectivity index (χ0v) is 12.5. The molecule has 0 aromatic heterocycles. The van der Waals surface area contributed by atoms with Gasteiger partial charge in [-0.25, -0.2) is 0 Å². The summed E-state index contributed by atoms with van der Waals surface area (Å²) in [5.74, 6) is 1.18. The Kier molecular flexibility index (Phi) is 3.14. The number of likely N-dealkylation sites (tertiary alicyclic amines) is 1. The third kappa shape index (κ3) is 2.37. The number of carbonyl (C=O) groups is 1. The molecule has 0 radical (unpaired) electrons. The molecule has 1 amide bonds. The van der Waals surface area contributed by atoms with Gasteiger partial charge in [0.1, 0.15) is 11.4 Å². The molecule has 0 bridgehead atoms. The van der Waals surface area contributed by atoms with Crippen molar-refractivity contribution in [2.75, 3.05) is 13.1 Å². The van der Waals surface area contributed by atoms with Crippen molar-refractivity contribution >= 4 is 5.91 Å². The molecule has 112 valence electrons. The van der Waals surface area contributed by atoms with Crippen molar-refractivity contribution in [3.63, 3.8) is 0 Å². The smallest absolute Gasteiger partial charge is 0.227 e. The van der Waals surface area contributed by atoms with Gasteiger partial charge in [-0.15, -0.1) is 0 Å². The number of ether oxygens (including phenoxy) is 1. The largest absolute Gasteiger partial charge is 0.485 e. The van der Waals surface area contributed by atoms with Gasteiger partial charge in [0.05, 0.1) is 13.0 Å². The number of rotatable bonds is 2. The van der Waals surface area contributed by atoms with E-state index in [1.165, 1.54) is 5.56 Å². The van der Waals surface area contributed by atoms with Crippen molar-refractivity contribution in [3.8, 4) is 5.75 Å². The molecule has 1 spiro atoms. The molecule has 1 unspecified atom stereocenters. The van der Waals surface area contributed by atoms with Gasteiger partial charge in [-0.1, -0.05) is 48.5 Å². The van der Waals surface area contributed by atoms with Gasteiger partial charge >= 0.3 is 0 Å². The summed E-state index contributed by atoms with van der Waals surface area (Å²) in [6.07, 6.45) is 2.31. The van der Waals surface area contributed by atoms with E-state index < -0.39 is 0 Å². The van der Waals surface area contributed by atoms with E-state index in [0.717, 1.165) is 30.7 Å². The molecule has 1 atom stereocenters. The highest BCUT2D eigenvalue weighted by Gasteiger charge is 2.46. The second-order valence-electron chi connectivity index (χ2n) is 6.30. The molecule has 2 aromatic carbocycles. The fraction of sp³-hybridized carbons (Fsp3) is 0.316. The van der Waals surface area contributed by atoms with Crippen LogP contribution in [0.4, 0.5) is 0 Å². The summed E-state index contributed by atoms with van der Waals surface area (Å²) in [4.78, 5) is 14.5. The molecular formula is C19H19NO2. The quantitative estimate of drug-likeness (QED) is 0.852. The molecule has 3 heteroatoms. The first-order valence-corrected chi connectivity index (χ1v) is 7.83. The van der Waals surface area contributed by atoms with E-state index in [1.807, 2.05) is 47.4 Å². The first kappa shape index (κ1) is 13.4. The second kappa shape index (κ2) is 5.16. The van der Waals surface area contributed by atoms with Crippen molar-refractivity contribution in [1.82, 2.24) is 4.90 Å². The summed E-state index contributed by atoms with van der Waals surface area (Å²) in [5, 5.41) is 0. The highest BCUT2D eigenvalue weighted by molar-refractivity contribution is 5.79. The van der Waals surface area contributed by atoms with Gasteiger partial charge < -0.3 is 9.64 Å². The molecule has 2 heterocycles. The van der Waals surface area contributed by atoms with Crippen molar-refractivity contribution < 1.29 is 9.53 Å². The molecule has 22 heavy (non-hydrogen) atoms. The summed E-state index contributed by atoms with van der Waals surface area (Å²) >= 11 is 0. The fourth-order valence-electron chi connectivity index (χ4n) is 3.53. The van der Waals surface area contributed by atoms with Gasteiger partial charge in [-0.2, -0.15) is 0 Å². The van der Waals surface area contributed by atoms with Gasteiger partial charge in [-0.3, -0.25) is 4.79 Å². The second-order valence-corrected chi connectivity index (χ2v) is 6.30. The molecule has 0 saturated carbocycles. The predicted molar refractivity (Wildman–Crippen MR) is 84.8 cm³/mol. The molecule has 2 aromatic rings. The zero-order valence-electron chi connectivity index (χ0n) is 12.5. The van der Waals surface area contributed by atoms with E-state index in [4.69, 9.17) is 4.74 Å². The minimum Gasteiger partial charge on any atom is -0.485 e. The van der Waals surface area contributed by atoms with E-state index in [9.17, 15) is 4.79 Å².